The fourth-order valence-corrected chi connectivity index (χ4v) is 2.01. The highest BCUT2D eigenvalue weighted by Crippen LogP contribution is 2.17. The number of hydrogen-bond acceptors (Lipinski definition) is 4. The summed E-state index contributed by atoms with van der Waals surface area (Å²) in [6, 6.07) is 14.2. The van der Waals surface area contributed by atoms with Gasteiger partial charge in [-0.05, 0) is 6.07 Å². The number of rotatable bonds is 6. The molecule has 0 aromatic heterocycles. The van der Waals surface area contributed by atoms with Gasteiger partial charge < -0.3 is 10.5 Å². The number of para-hydroxylation sites is 1. The zero-order chi connectivity index (χ0) is 15.9. The summed E-state index contributed by atoms with van der Waals surface area (Å²) in [5.74, 6) is 0.232. The first-order valence-electron chi connectivity index (χ1n) is 6.63. The lowest BCUT2D eigenvalue weighted by Gasteiger charge is -2.15. The van der Waals surface area contributed by atoms with E-state index in [4.69, 9.17) is 26.9 Å². The van der Waals surface area contributed by atoms with Crippen molar-refractivity contribution in [2.24, 2.45) is 5.73 Å². The molecule has 0 spiro atoms. The van der Waals surface area contributed by atoms with Gasteiger partial charge in [0.15, 0.2) is 0 Å². The molecular formula is C16H17ClN2O3. The molecule has 0 heterocycles. The maximum Gasteiger partial charge on any atom is 0.370 e. The Kier molecular flexibility index (Phi) is 5.66. The molecule has 6 heteroatoms. The number of carbonyl (C=O) groups excluding carboxylic acids is 1. The second kappa shape index (κ2) is 7.70. The van der Waals surface area contributed by atoms with Crippen LogP contribution in [0.3, 0.4) is 0 Å². The van der Waals surface area contributed by atoms with E-state index in [1.807, 2.05) is 18.2 Å². The van der Waals surface area contributed by atoms with E-state index >= 15 is 0 Å². The minimum absolute atomic E-state index is 0.106. The number of nitrogens with two attached hydrogens (primary N) is 2. The molecule has 22 heavy (non-hydrogen) atoms. The smallest absolute Gasteiger partial charge is 0.370 e. The Morgan fingerprint density at radius 2 is 1.91 bits per heavy atom. The van der Waals surface area contributed by atoms with Crippen LogP contribution in [0.15, 0.2) is 48.5 Å². The van der Waals surface area contributed by atoms with Crippen LogP contribution in [0.1, 0.15) is 11.1 Å². The summed E-state index contributed by atoms with van der Waals surface area (Å²) in [5, 5.41) is 0.615. The van der Waals surface area contributed by atoms with E-state index in [9.17, 15) is 4.79 Å². The maximum atomic E-state index is 11.9. The number of ether oxygens (including phenoxy) is 1. The van der Waals surface area contributed by atoms with Crippen molar-refractivity contribution in [1.82, 2.24) is 0 Å². The summed E-state index contributed by atoms with van der Waals surface area (Å²) in [6.07, 6.45) is 0.457. The summed E-state index contributed by atoms with van der Waals surface area (Å²) in [7, 11) is 1.56. The van der Waals surface area contributed by atoms with Crippen LogP contribution in [0.25, 0.3) is 0 Å². The fraction of sp³-hybridized carbons (Fsp3) is 0.125. The number of hydrogen-bond donors (Lipinski definition) is 2. The van der Waals surface area contributed by atoms with Crippen LogP contribution in [0, 0.1) is 6.17 Å². The first-order valence-corrected chi connectivity index (χ1v) is 7.01. The van der Waals surface area contributed by atoms with Gasteiger partial charge in [0.25, 0.3) is 0 Å². The molecule has 0 fully saturated rings. The molecule has 2 rings (SSSR count). The summed E-state index contributed by atoms with van der Waals surface area (Å²) in [6.45, 7) is 0. The summed E-state index contributed by atoms with van der Waals surface area (Å²) in [4.78, 5) is 16.9. The van der Waals surface area contributed by atoms with Crippen LogP contribution in [-0.2, 0) is 16.1 Å². The monoisotopic (exact) mass is 320 g/mol. The molecule has 0 aliphatic carbocycles. The quantitative estimate of drug-likeness (QED) is 0.623. The first kappa shape index (κ1) is 16.2. The highest BCUT2D eigenvalue weighted by molar-refractivity contribution is 6.30. The van der Waals surface area contributed by atoms with E-state index in [0.717, 1.165) is 11.1 Å². The second-order valence-corrected chi connectivity index (χ2v) is 5.00. The zero-order valence-corrected chi connectivity index (χ0v) is 12.8. The van der Waals surface area contributed by atoms with Crippen LogP contribution in [-0.4, -0.2) is 13.1 Å². The summed E-state index contributed by atoms with van der Waals surface area (Å²) < 4.78 is 5.19. The molecular weight excluding hydrogens is 304 g/mol. The third kappa shape index (κ3) is 4.39. The van der Waals surface area contributed by atoms with Crippen molar-refractivity contribution < 1.29 is 19.8 Å². The number of methoxy groups -OCH3 is 1. The molecule has 0 aliphatic heterocycles. The molecule has 116 valence electrons. The van der Waals surface area contributed by atoms with Crippen molar-refractivity contribution in [2.45, 2.75) is 6.42 Å². The lowest BCUT2D eigenvalue weighted by atomic mass is 10.1. The average Bonchev–Trinajstić information content (AvgIpc) is 2.54. The van der Waals surface area contributed by atoms with Crippen molar-refractivity contribution in [1.29, 1.82) is 0 Å². The van der Waals surface area contributed by atoms with E-state index in [1.165, 1.54) is 5.48 Å². The van der Waals surface area contributed by atoms with Gasteiger partial charge in [0.05, 0.1) is 13.5 Å². The largest absolute Gasteiger partial charge is 0.496 e. The highest BCUT2D eigenvalue weighted by atomic mass is 35.5. The van der Waals surface area contributed by atoms with Gasteiger partial charge in [-0.3, -0.25) is 4.84 Å². The van der Waals surface area contributed by atoms with Gasteiger partial charge in [-0.2, -0.15) is 17.6 Å². The number of halogens is 1. The lowest BCUT2D eigenvalue weighted by Crippen LogP contribution is -2.88. The lowest BCUT2D eigenvalue weighted by molar-refractivity contribution is -0.857. The zero-order valence-electron chi connectivity index (χ0n) is 12.1. The van der Waals surface area contributed by atoms with Gasteiger partial charge in [-0.25, -0.2) is 4.79 Å². The van der Waals surface area contributed by atoms with Crippen LogP contribution in [0.5, 0.6) is 5.75 Å². The van der Waals surface area contributed by atoms with Crippen molar-refractivity contribution in [3.63, 3.8) is 0 Å². The molecule has 2 aromatic carbocycles. The maximum absolute atomic E-state index is 11.9. The van der Waals surface area contributed by atoms with Crippen molar-refractivity contribution in [3.05, 3.63) is 70.8 Å². The van der Waals surface area contributed by atoms with Crippen molar-refractivity contribution in [2.75, 3.05) is 7.11 Å². The van der Waals surface area contributed by atoms with Gasteiger partial charge in [0, 0.05) is 10.6 Å². The van der Waals surface area contributed by atoms with Crippen molar-refractivity contribution >= 4 is 17.6 Å². The Morgan fingerprint density at radius 1 is 1.23 bits per heavy atom. The second-order valence-electron chi connectivity index (χ2n) is 4.56. The van der Waals surface area contributed by atoms with E-state index in [-0.39, 0.29) is 6.42 Å². The Morgan fingerprint density at radius 3 is 2.59 bits per heavy atom. The number of carbonyl (C=O) groups is 1. The van der Waals surface area contributed by atoms with Gasteiger partial charge in [0.1, 0.15) is 11.9 Å². The van der Waals surface area contributed by atoms with E-state index in [2.05, 4.69) is 0 Å². The number of hydroxylamine groups is 1. The Hall–Kier alpha value is -2.21. The number of quaternary nitrogens is 1. The SMILES string of the molecule is COc1ccccc1CC(=O)O[NH2+][C-](N)c1ccc(Cl)cc1. The Balaban J connectivity index is 1.88. The average molecular weight is 321 g/mol. The third-order valence-electron chi connectivity index (χ3n) is 3.02. The highest BCUT2D eigenvalue weighted by Gasteiger charge is 2.12. The molecule has 5 nitrogen and oxygen atoms in total. The van der Waals surface area contributed by atoms with Crippen LogP contribution < -0.4 is 16.0 Å². The molecule has 0 saturated carbocycles. The Labute approximate surface area is 133 Å². The predicted molar refractivity (Wildman–Crippen MR) is 82.7 cm³/mol. The van der Waals surface area contributed by atoms with Gasteiger partial charge in [-0.15, -0.1) is 5.56 Å². The molecule has 0 saturated heterocycles. The van der Waals surface area contributed by atoms with E-state index in [1.54, 1.807) is 37.4 Å². The Bertz CT molecular complexity index is 632. The molecule has 0 atom stereocenters. The topological polar surface area (TPSA) is 78.2 Å². The first-order chi connectivity index (χ1) is 10.6. The standard InChI is InChI=1S/C16H17ClN2O3/c1-21-14-5-3-2-4-12(14)10-15(20)22-19-16(18)11-6-8-13(17)9-7-11/h2-9H,10,18-19H2,1H3. The number of benzene rings is 2. The summed E-state index contributed by atoms with van der Waals surface area (Å²) >= 11 is 5.81. The minimum atomic E-state index is -0.415. The normalized spacial score (nSPS) is 10.1. The van der Waals surface area contributed by atoms with E-state index in [0.29, 0.717) is 16.9 Å². The molecule has 4 N–H and O–H groups in total. The van der Waals surface area contributed by atoms with E-state index < -0.39 is 5.97 Å². The van der Waals surface area contributed by atoms with Gasteiger partial charge in [0.2, 0.25) is 0 Å². The molecule has 0 bridgehead atoms. The van der Waals surface area contributed by atoms with Crippen LogP contribution >= 0.6 is 11.6 Å². The molecule has 0 amide bonds. The van der Waals surface area contributed by atoms with Crippen LogP contribution in [0.4, 0.5) is 0 Å². The fourth-order valence-electron chi connectivity index (χ4n) is 1.89. The van der Waals surface area contributed by atoms with Gasteiger partial charge >= 0.3 is 5.97 Å². The molecule has 0 unspecified atom stereocenters. The summed E-state index contributed by atoms with van der Waals surface area (Å²) in [5.41, 5.74) is 8.58. The van der Waals surface area contributed by atoms with Gasteiger partial charge in [-0.1, -0.05) is 41.9 Å². The molecule has 0 radical (unpaired) electrons. The molecule has 0 aliphatic rings. The van der Waals surface area contributed by atoms with Crippen molar-refractivity contribution in [3.8, 4) is 5.75 Å². The predicted octanol–water partition coefficient (Wildman–Crippen LogP) is 1.41. The third-order valence-corrected chi connectivity index (χ3v) is 3.27. The van der Waals surface area contributed by atoms with Crippen LogP contribution in [0.2, 0.25) is 5.02 Å². The molecule has 2 aromatic rings. The minimum Gasteiger partial charge on any atom is -0.496 e.